The molecule has 2 rings (SSSR count). The number of aliphatic hydroxyl groups is 1. The first kappa shape index (κ1) is 13.4. The van der Waals surface area contributed by atoms with E-state index in [-0.39, 0.29) is 18.8 Å². The van der Waals surface area contributed by atoms with Gasteiger partial charge in [0, 0.05) is 26.1 Å². The molecule has 1 saturated heterocycles. The second kappa shape index (κ2) is 6.20. The van der Waals surface area contributed by atoms with Crippen LogP contribution in [-0.2, 0) is 14.3 Å². The SMILES string of the molecule is C[C@H]1C=C(C(=O)N2CC2)O[C@@H](OCCCCO)C1. The second-order valence-electron chi connectivity index (χ2n) is 4.89. The molecule has 0 bridgehead atoms. The molecule has 0 aromatic rings. The minimum absolute atomic E-state index is 0.0227. The van der Waals surface area contributed by atoms with E-state index in [0.29, 0.717) is 18.3 Å². The first-order valence-corrected chi connectivity index (χ1v) is 6.61. The first-order chi connectivity index (χ1) is 8.70. The highest BCUT2D eigenvalue weighted by Crippen LogP contribution is 2.25. The van der Waals surface area contributed by atoms with Crippen LogP contribution in [0.1, 0.15) is 26.2 Å². The summed E-state index contributed by atoms with van der Waals surface area (Å²) in [6, 6.07) is 0. The Labute approximate surface area is 107 Å². The fraction of sp³-hybridized carbons (Fsp3) is 0.769. The molecule has 1 N–H and O–H groups in total. The van der Waals surface area contributed by atoms with Crippen LogP contribution in [0.2, 0.25) is 0 Å². The van der Waals surface area contributed by atoms with Crippen molar-refractivity contribution in [2.45, 2.75) is 32.5 Å². The predicted molar refractivity (Wildman–Crippen MR) is 65.6 cm³/mol. The summed E-state index contributed by atoms with van der Waals surface area (Å²) in [5.74, 6) is 0.699. The highest BCUT2D eigenvalue weighted by Gasteiger charge is 2.32. The number of allylic oxidation sites excluding steroid dienone is 1. The Morgan fingerprint density at radius 3 is 3.00 bits per heavy atom. The van der Waals surface area contributed by atoms with Gasteiger partial charge >= 0.3 is 0 Å². The zero-order chi connectivity index (χ0) is 13.0. The fourth-order valence-corrected chi connectivity index (χ4v) is 1.92. The van der Waals surface area contributed by atoms with Crippen molar-refractivity contribution in [1.82, 2.24) is 4.90 Å². The van der Waals surface area contributed by atoms with Crippen molar-refractivity contribution in [1.29, 1.82) is 0 Å². The molecule has 1 fully saturated rings. The summed E-state index contributed by atoms with van der Waals surface area (Å²) in [5.41, 5.74) is 0. The fourth-order valence-electron chi connectivity index (χ4n) is 1.92. The summed E-state index contributed by atoms with van der Waals surface area (Å²) < 4.78 is 11.2. The van der Waals surface area contributed by atoms with Crippen LogP contribution in [0.5, 0.6) is 0 Å². The van der Waals surface area contributed by atoms with Gasteiger partial charge in [-0.3, -0.25) is 4.79 Å². The van der Waals surface area contributed by atoms with E-state index in [1.54, 1.807) is 4.90 Å². The second-order valence-corrected chi connectivity index (χ2v) is 4.89. The van der Waals surface area contributed by atoms with E-state index in [2.05, 4.69) is 6.92 Å². The lowest BCUT2D eigenvalue weighted by Gasteiger charge is -2.27. The van der Waals surface area contributed by atoms with Gasteiger partial charge in [-0.25, -0.2) is 0 Å². The number of hydrogen-bond donors (Lipinski definition) is 1. The molecule has 0 aromatic carbocycles. The number of aliphatic hydroxyl groups excluding tert-OH is 1. The lowest BCUT2D eigenvalue weighted by Crippen LogP contribution is -2.29. The van der Waals surface area contributed by atoms with Crippen molar-refractivity contribution in [3.05, 3.63) is 11.8 Å². The number of ether oxygens (including phenoxy) is 2. The Bertz CT molecular complexity index is 325. The summed E-state index contributed by atoms with van der Waals surface area (Å²) in [4.78, 5) is 13.6. The van der Waals surface area contributed by atoms with Crippen molar-refractivity contribution in [3.63, 3.8) is 0 Å². The maximum atomic E-state index is 11.9. The quantitative estimate of drug-likeness (QED) is 0.565. The Morgan fingerprint density at radius 1 is 1.56 bits per heavy atom. The predicted octanol–water partition coefficient (Wildman–Crippen LogP) is 0.884. The third-order valence-electron chi connectivity index (χ3n) is 3.06. The number of carbonyl (C=O) groups excluding carboxylic acids is 1. The minimum Gasteiger partial charge on any atom is -0.459 e. The van der Waals surface area contributed by atoms with E-state index in [1.807, 2.05) is 6.08 Å². The highest BCUT2D eigenvalue weighted by molar-refractivity contribution is 5.93. The Hall–Kier alpha value is -1.07. The smallest absolute Gasteiger partial charge is 0.288 e. The van der Waals surface area contributed by atoms with E-state index >= 15 is 0 Å². The summed E-state index contributed by atoms with van der Waals surface area (Å²) in [7, 11) is 0. The van der Waals surface area contributed by atoms with E-state index in [4.69, 9.17) is 14.6 Å². The third-order valence-corrected chi connectivity index (χ3v) is 3.06. The maximum Gasteiger partial charge on any atom is 0.288 e. The van der Waals surface area contributed by atoms with Crippen molar-refractivity contribution in [3.8, 4) is 0 Å². The molecule has 1 amide bonds. The van der Waals surface area contributed by atoms with Crippen molar-refractivity contribution in [2.24, 2.45) is 5.92 Å². The van der Waals surface area contributed by atoms with Gasteiger partial charge in [0.2, 0.25) is 6.29 Å². The minimum atomic E-state index is -0.331. The zero-order valence-electron chi connectivity index (χ0n) is 10.8. The van der Waals surface area contributed by atoms with Gasteiger partial charge in [-0.15, -0.1) is 0 Å². The highest BCUT2D eigenvalue weighted by atomic mass is 16.7. The molecule has 2 heterocycles. The van der Waals surface area contributed by atoms with Gasteiger partial charge in [-0.1, -0.05) is 6.92 Å². The average molecular weight is 255 g/mol. The van der Waals surface area contributed by atoms with Gasteiger partial charge < -0.3 is 19.5 Å². The zero-order valence-corrected chi connectivity index (χ0v) is 10.8. The molecule has 5 nitrogen and oxygen atoms in total. The first-order valence-electron chi connectivity index (χ1n) is 6.61. The van der Waals surface area contributed by atoms with Gasteiger partial charge in [-0.05, 0) is 24.8 Å². The Kier molecular flexibility index (Phi) is 4.60. The molecular weight excluding hydrogens is 234 g/mol. The summed E-state index contributed by atoms with van der Waals surface area (Å²) in [5, 5.41) is 8.68. The van der Waals surface area contributed by atoms with Gasteiger partial charge in [0.15, 0.2) is 5.76 Å². The third kappa shape index (κ3) is 3.71. The number of unbranched alkanes of at least 4 members (excludes halogenated alkanes) is 1. The normalized spacial score (nSPS) is 26.6. The summed E-state index contributed by atoms with van der Waals surface area (Å²) in [6.07, 6.45) is 3.87. The van der Waals surface area contributed by atoms with Gasteiger partial charge in [0.05, 0.1) is 6.61 Å². The van der Waals surface area contributed by atoms with Gasteiger partial charge in [0.25, 0.3) is 5.91 Å². The molecule has 102 valence electrons. The van der Waals surface area contributed by atoms with E-state index in [0.717, 1.165) is 32.4 Å². The van der Waals surface area contributed by atoms with Crippen LogP contribution in [0, 0.1) is 5.92 Å². The molecule has 18 heavy (non-hydrogen) atoms. The molecule has 0 spiro atoms. The largest absolute Gasteiger partial charge is 0.459 e. The van der Waals surface area contributed by atoms with E-state index < -0.39 is 0 Å². The molecule has 0 aliphatic carbocycles. The molecule has 2 aliphatic rings. The maximum absolute atomic E-state index is 11.9. The Morgan fingerprint density at radius 2 is 2.33 bits per heavy atom. The number of amides is 1. The summed E-state index contributed by atoms with van der Waals surface area (Å²) in [6.45, 7) is 4.46. The van der Waals surface area contributed by atoms with Crippen LogP contribution >= 0.6 is 0 Å². The molecule has 2 atom stereocenters. The van der Waals surface area contributed by atoms with Gasteiger partial charge in [-0.2, -0.15) is 0 Å². The monoisotopic (exact) mass is 255 g/mol. The van der Waals surface area contributed by atoms with Gasteiger partial charge in [0.1, 0.15) is 0 Å². The number of rotatable bonds is 6. The number of hydrogen-bond acceptors (Lipinski definition) is 4. The molecule has 2 aliphatic heterocycles. The number of carbonyl (C=O) groups is 1. The number of nitrogens with zero attached hydrogens (tertiary/aromatic N) is 1. The molecule has 0 aromatic heterocycles. The van der Waals surface area contributed by atoms with Crippen LogP contribution < -0.4 is 0 Å². The van der Waals surface area contributed by atoms with E-state index in [9.17, 15) is 4.79 Å². The lowest BCUT2D eigenvalue weighted by atomic mass is 10.0. The topological polar surface area (TPSA) is 58.8 Å². The average Bonchev–Trinajstić information content (AvgIpc) is 3.17. The molecule has 0 saturated carbocycles. The Balaban J connectivity index is 1.80. The van der Waals surface area contributed by atoms with Crippen LogP contribution in [0.3, 0.4) is 0 Å². The van der Waals surface area contributed by atoms with Crippen LogP contribution in [0.25, 0.3) is 0 Å². The van der Waals surface area contributed by atoms with E-state index in [1.165, 1.54) is 0 Å². The molecule has 0 unspecified atom stereocenters. The molecular formula is C13H21NO4. The van der Waals surface area contributed by atoms with Crippen LogP contribution in [-0.4, -0.2) is 48.5 Å². The molecule has 5 heteroatoms. The van der Waals surface area contributed by atoms with Crippen molar-refractivity contribution < 1.29 is 19.4 Å². The van der Waals surface area contributed by atoms with Crippen molar-refractivity contribution >= 4 is 5.91 Å². The van der Waals surface area contributed by atoms with Crippen molar-refractivity contribution in [2.75, 3.05) is 26.3 Å². The van der Waals surface area contributed by atoms with Crippen LogP contribution in [0.15, 0.2) is 11.8 Å². The standard InChI is InChI=1S/C13H21NO4/c1-10-8-11(13(16)14-4-5-14)18-12(9-10)17-7-3-2-6-15/h8,10,12,15H,2-7,9H2,1H3/t10-,12+/m0/s1. The van der Waals surface area contributed by atoms with Crippen LogP contribution in [0.4, 0.5) is 0 Å². The lowest BCUT2D eigenvalue weighted by molar-refractivity contribution is -0.151. The summed E-state index contributed by atoms with van der Waals surface area (Å²) >= 11 is 0. The molecule has 0 radical (unpaired) electrons.